The number of anilines is 2. The zero-order chi connectivity index (χ0) is 17.4. The summed E-state index contributed by atoms with van der Waals surface area (Å²) in [5, 5.41) is 3.61. The van der Waals surface area contributed by atoms with E-state index in [0.29, 0.717) is 6.42 Å². The van der Waals surface area contributed by atoms with Crippen LogP contribution in [-0.4, -0.2) is 24.5 Å². The Morgan fingerprint density at radius 3 is 2.84 bits per heavy atom. The highest BCUT2D eigenvalue weighted by molar-refractivity contribution is 5.79. The number of likely N-dealkylation sites (tertiary alicyclic amines) is 1. The summed E-state index contributed by atoms with van der Waals surface area (Å²) in [5.74, 6) is 1.06. The summed E-state index contributed by atoms with van der Waals surface area (Å²) < 4.78 is 5.40. The molecule has 0 bridgehead atoms. The Kier molecular flexibility index (Phi) is 3.99. The van der Waals surface area contributed by atoms with Gasteiger partial charge in [0.25, 0.3) is 0 Å². The first-order chi connectivity index (χ1) is 12.2. The average molecular weight is 337 g/mol. The first kappa shape index (κ1) is 15.8. The number of nitrogen functional groups attached to an aromatic ring is 1. The summed E-state index contributed by atoms with van der Waals surface area (Å²) in [4.78, 5) is 14.4. The van der Waals surface area contributed by atoms with E-state index in [4.69, 9.17) is 10.5 Å². The molecule has 2 aliphatic rings. The number of amides is 1. The SMILES string of the molecule is COc1ccc2c(c1)[C@@H](N1CCCC1=O)C[C@@H](c1cccc(N)c1)N2. The van der Waals surface area contributed by atoms with E-state index in [-0.39, 0.29) is 18.0 Å². The number of nitrogens with one attached hydrogen (secondary N) is 1. The molecule has 1 amide bonds. The number of nitrogens with zero attached hydrogens (tertiary/aromatic N) is 1. The lowest BCUT2D eigenvalue weighted by atomic mass is 9.88. The van der Waals surface area contributed by atoms with Gasteiger partial charge in [-0.3, -0.25) is 4.79 Å². The van der Waals surface area contributed by atoms with Crippen LogP contribution in [-0.2, 0) is 4.79 Å². The van der Waals surface area contributed by atoms with Gasteiger partial charge in [0.2, 0.25) is 5.91 Å². The molecule has 0 aromatic heterocycles. The van der Waals surface area contributed by atoms with Crippen LogP contribution in [0.4, 0.5) is 11.4 Å². The van der Waals surface area contributed by atoms with Crippen LogP contribution in [0, 0.1) is 0 Å². The quantitative estimate of drug-likeness (QED) is 0.841. The van der Waals surface area contributed by atoms with Crippen molar-refractivity contribution in [2.45, 2.75) is 31.3 Å². The molecule has 3 N–H and O–H groups in total. The highest BCUT2D eigenvalue weighted by atomic mass is 16.5. The lowest BCUT2D eigenvalue weighted by molar-refractivity contribution is -0.130. The van der Waals surface area contributed by atoms with Crippen LogP contribution in [0.5, 0.6) is 5.75 Å². The second-order valence-electron chi connectivity index (χ2n) is 6.76. The van der Waals surface area contributed by atoms with Crippen molar-refractivity contribution in [3.8, 4) is 5.75 Å². The minimum atomic E-state index is 0.0628. The number of ether oxygens (including phenoxy) is 1. The van der Waals surface area contributed by atoms with Gasteiger partial charge in [-0.15, -0.1) is 0 Å². The van der Waals surface area contributed by atoms with Gasteiger partial charge in [-0.25, -0.2) is 0 Å². The molecule has 5 heteroatoms. The molecule has 0 aliphatic carbocycles. The zero-order valence-corrected chi connectivity index (χ0v) is 14.4. The molecule has 0 radical (unpaired) electrons. The van der Waals surface area contributed by atoms with Crippen molar-refractivity contribution in [3.05, 3.63) is 53.6 Å². The number of nitrogens with two attached hydrogens (primary N) is 1. The van der Waals surface area contributed by atoms with Crippen LogP contribution in [0.15, 0.2) is 42.5 Å². The Hall–Kier alpha value is -2.69. The van der Waals surface area contributed by atoms with E-state index in [2.05, 4.69) is 11.4 Å². The maximum absolute atomic E-state index is 12.4. The van der Waals surface area contributed by atoms with E-state index >= 15 is 0 Å². The standard InChI is InChI=1S/C20H23N3O2/c1-25-15-7-8-17-16(11-15)19(23-9-3-6-20(23)24)12-18(22-17)13-4-2-5-14(21)10-13/h2,4-5,7-8,10-11,18-19,22H,3,6,9,12,21H2,1H3/t18-,19-/m0/s1. The molecule has 1 fully saturated rings. The average Bonchev–Trinajstić information content (AvgIpc) is 3.06. The topological polar surface area (TPSA) is 67.6 Å². The van der Waals surface area contributed by atoms with Gasteiger partial charge in [-0.1, -0.05) is 12.1 Å². The van der Waals surface area contributed by atoms with Crippen molar-refractivity contribution < 1.29 is 9.53 Å². The van der Waals surface area contributed by atoms with Gasteiger partial charge < -0.3 is 20.7 Å². The Morgan fingerprint density at radius 2 is 2.12 bits per heavy atom. The van der Waals surface area contributed by atoms with Gasteiger partial charge in [0.1, 0.15) is 5.75 Å². The summed E-state index contributed by atoms with van der Waals surface area (Å²) in [5.41, 5.74) is 10.1. The summed E-state index contributed by atoms with van der Waals surface area (Å²) in [7, 11) is 1.67. The monoisotopic (exact) mass is 337 g/mol. The van der Waals surface area contributed by atoms with Crippen LogP contribution in [0.25, 0.3) is 0 Å². The number of methoxy groups -OCH3 is 1. The highest BCUT2D eigenvalue weighted by Gasteiger charge is 2.36. The van der Waals surface area contributed by atoms with Crippen LogP contribution in [0.1, 0.15) is 42.5 Å². The third-order valence-corrected chi connectivity index (χ3v) is 5.21. The first-order valence-electron chi connectivity index (χ1n) is 8.75. The van der Waals surface area contributed by atoms with Crippen molar-refractivity contribution in [1.29, 1.82) is 0 Å². The number of benzene rings is 2. The van der Waals surface area contributed by atoms with Crippen molar-refractivity contribution in [3.63, 3.8) is 0 Å². The van der Waals surface area contributed by atoms with Crippen molar-refractivity contribution >= 4 is 17.3 Å². The minimum absolute atomic E-state index is 0.0628. The van der Waals surface area contributed by atoms with E-state index in [1.54, 1.807) is 7.11 Å². The molecule has 5 nitrogen and oxygen atoms in total. The fraction of sp³-hybridized carbons (Fsp3) is 0.350. The number of rotatable bonds is 3. The predicted octanol–water partition coefficient (Wildman–Crippen LogP) is 3.50. The molecular weight excluding hydrogens is 314 g/mol. The lowest BCUT2D eigenvalue weighted by Crippen LogP contribution is -2.35. The van der Waals surface area contributed by atoms with Crippen LogP contribution in [0.2, 0.25) is 0 Å². The molecular formula is C20H23N3O2. The van der Waals surface area contributed by atoms with Crippen molar-refractivity contribution in [2.24, 2.45) is 0 Å². The number of carbonyl (C=O) groups is 1. The van der Waals surface area contributed by atoms with Gasteiger partial charge in [0.15, 0.2) is 0 Å². The molecule has 4 rings (SSSR count). The molecule has 130 valence electrons. The van der Waals surface area contributed by atoms with Gasteiger partial charge in [0, 0.05) is 29.9 Å². The van der Waals surface area contributed by atoms with E-state index in [0.717, 1.165) is 47.6 Å². The summed E-state index contributed by atoms with van der Waals surface area (Å²) in [6.07, 6.45) is 2.41. The lowest BCUT2D eigenvalue weighted by Gasteiger charge is -2.38. The van der Waals surface area contributed by atoms with E-state index < -0.39 is 0 Å². The van der Waals surface area contributed by atoms with E-state index in [9.17, 15) is 4.79 Å². The van der Waals surface area contributed by atoms with E-state index in [1.165, 1.54) is 0 Å². The molecule has 2 aromatic rings. The molecule has 2 heterocycles. The maximum atomic E-state index is 12.4. The fourth-order valence-corrected chi connectivity index (χ4v) is 3.96. The second kappa shape index (κ2) is 6.31. The predicted molar refractivity (Wildman–Crippen MR) is 98.5 cm³/mol. The summed E-state index contributed by atoms with van der Waals surface area (Å²) >= 11 is 0. The number of fused-ring (bicyclic) bond motifs is 1. The molecule has 2 aromatic carbocycles. The summed E-state index contributed by atoms with van der Waals surface area (Å²) in [6.45, 7) is 0.823. The Balaban J connectivity index is 1.74. The third-order valence-electron chi connectivity index (χ3n) is 5.21. The van der Waals surface area contributed by atoms with Gasteiger partial charge in [-0.2, -0.15) is 0 Å². The number of carbonyl (C=O) groups excluding carboxylic acids is 1. The molecule has 0 saturated carbocycles. The zero-order valence-electron chi connectivity index (χ0n) is 14.4. The Bertz CT molecular complexity index is 805. The van der Waals surface area contributed by atoms with Crippen molar-refractivity contribution in [2.75, 3.05) is 24.7 Å². The molecule has 0 unspecified atom stereocenters. The number of hydrogen-bond donors (Lipinski definition) is 2. The Labute approximate surface area is 147 Å². The smallest absolute Gasteiger partial charge is 0.223 e. The molecule has 25 heavy (non-hydrogen) atoms. The van der Waals surface area contributed by atoms with Gasteiger partial charge >= 0.3 is 0 Å². The normalized spacial score (nSPS) is 22.4. The van der Waals surface area contributed by atoms with Crippen molar-refractivity contribution in [1.82, 2.24) is 4.90 Å². The molecule has 0 spiro atoms. The highest BCUT2D eigenvalue weighted by Crippen LogP contribution is 2.44. The molecule has 2 atom stereocenters. The van der Waals surface area contributed by atoms with Crippen LogP contribution in [0.3, 0.4) is 0 Å². The summed E-state index contributed by atoms with van der Waals surface area (Å²) in [6, 6.07) is 14.2. The first-order valence-corrected chi connectivity index (χ1v) is 8.75. The number of hydrogen-bond acceptors (Lipinski definition) is 4. The van der Waals surface area contributed by atoms with Crippen LogP contribution >= 0.6 is 0 Å². The maximum Gasteiger partial charge on any atom is 0.223 e. The second-order valence-corrected chi connectivity index (χ2v) is 6.76. The largest absolute Gasteiger partial charge is 0.497 e. The third kappa shape index (κ3) is 2.90. The fourth-order valence-electron chi connectivity index (χ4n) is 3.96. The molecule has 1 saturated heterocycles. The van der Waals surface area contributed by atoms with Gasteiger partial charge in [-0.05, 0) is 48.7 Å². The van der Waals surface area contributed by atoms with Gasteiger partial charge in [0.05, 0.1) is 19.2 Å². The minimum Gasteiger partial charge on any atom is -0.497 e. The molecule has 2 aliphatic heterocycles. The van der Waals surface area contributed by atoms with E-state index in [1.807, 2.05) is 41.3 Å². The Morgan fingerprint density at radius 1 is 1.24 bits per heavy atom. The van der Waals surface area contributed by atoms with Crippen LogP contribution < -0.4 is 15.8 Å².